The van der Waals surface area contributed by atoms with Crippen molar-refractivity contribution in [2.45, 2.75) is 51.5 Å². The standard InChI is InChI=1S/C13H28N2/c1-4-14-13(11-15(2)3)12-9-7-5-6-8-10-12/h12-14H,4-11H2,1-3H3. The summed E-state index contributed by atoms with van der Waals surface area (Å²) in [5.41, 5.74) is 0. The van der Waals surface area contributed by atoms with E-state index in [1.165, 1.54) is 45.1 Å². The maximum atomic E-state index is 3.67. The maximum absolute atomic E-state index is 3.67. The largest absolute Gasteiger partial charge is 0.313 e. The van der Waals surface area contributed by atoms with E-state index in [-0.39, 0.29) is 0 Å². The Kier molecular flexibility index (Phi) is 6.26. The molecular weight excluding hydrogens is 184 g/mol. The average Bonchev–Trinajstić information content (AvgIpc) is 2.44. The quantitative estimate of drug-likeness (QED) is 0.704. The van der Waals surface area contributed by atoms with E-state index in [9.17, 15) is 0 Å². The van der Waals surface area contributed by atoms with Crippen LogP contribution >= 0.6 is 0 Å². The van der Waals surface area contributed by atoms with Crippen LogP contribution in [0.5, 0.6) is 0 Å². The van der Waals surface area contributed by atoms with E-state index in [1.807, 2.05) is 0 Å². The lowest BCUT2D eigenvalue weighted by Gasteiger charge is -2.29. The van der Waals surface area contributed by atoms with Crippen LogP contribution in [0.3, 0.4) is 0 Å². The first-order valence-corrected chi connectivity index (χ1v) is 6.62. The van der Waals surface area contributed by atoms with E-state index >= 15 is 0 Å². The molecule has 0 saturated heterocycles. The Labute approximate surface area is 95.4 Å². The predicted octanol–water partition coefficient (Wildman–Crippen LogP) is 2.50. The monoisotopic (exact) mass is 212 g/mol. The Hall–Kier alpha value is -0.0800. The molecule has 1 aliphatic carbocycles. The Bertz CT molecular complexity index is 149. The van der Waals surface area contributed by atoms with E-state index in [2.05, 4.69) is 31.2 Å². The second-order valence-corrected chi connectivity index (χ2v) is 5.18. The fourth-order valence-electron chi connectivity index (χ4n) is 2.75. The van der Waals surface area contributed by atoms with Gasteiger partial charge in [0.15, 0.2) is 0 Å². The Morgan fingerprint density at radius 2 is 1.73 bits per heavy atom. The molecule has 1 rings (SSSR count). The van der Waals surface area contributed by atoms with Crippen molar-refractivity contribution in [1.82, 2.24) is 10.2 Å². The van der Waals surface area contributed by atoms with Crippen LogP contribution in [0.15, 0.2) is 0 Å². The summed E-state index contributed by atoms with van der Waals surface area (Å²) in [6.07, 6.45) is 8.67. The smallest absolute Gasteiger partial charge is 0.0222 e. The predicted molar refractivity (Wildman–Crippen MR) is 67.2 cm³/mol. The van der Waals surface area contributed by atoms with Crippen LogP contribution in [-0.2, 0) is 0 Å². The molecule has 90 valence electrons. The van der Waals surface area contributed by atoms with Crippen LogP contribution in [0, 0.1) is 5.92 Å². The summed E-state index contributed by atoms with van der Waals surface area (Å²) in [5.74, 6) is 0.912. The number of nitrogens with zero attached hydrogens (tertiary/aromatic N) is 1. The molecule has 0 aliphatic heterocycles. The lowest BCUT2D eigenvalue weighted by atomic mass is 9.91. The summed E-state index contributed by atoms with van der Waals surface area (Å²) < 4.78 is 0. The highest BCUT2D eigenvalue weighted by atomic mass is 15.1. The SMILES string of the molecule is CCNC(CN(C)C)C1CCCCCC1. The van der Waals surface area contributed by atoms with Crippen molar-refractivity contribution in [3.8, 4) is 0 Å². The van der Waals surface area contributed by atoms with Crippen LogP contribution in [0.2, 0.25) is 0 Å². The summed E-state index contributed by atoms with van der Waals surface area (Å²) in [5, 5.41) is 3.67. The fourth-order valence-corrected chi connectivity index (χ4v) is 2.75. The molecule has 1 unspecified atom stereocenters. The van der Waals surface area contributed by atoms with Gasteiger partial charge in [-0.3, -0.25) is 0 Å². The van der Waals surface area contributed by atoms with E-state index in [1.54, 1.807) is 0 Å². The Morgan fingerprint density at radius 3 is 2.20 bits per heavy atom. The third-order valence-electron chi connectivity index (χ3n) is 3.50. The molecule has 1 atom stereocenters. The summed E-state index contributed by atoms with van der Waals surface area (Å²) >= 11 is 0. The number of rotatable bonds is 5. The Balaban J connectivity index is 2.44. The fraction of sp³-hybridized carbons (Fsp3) is 1.00. The van der Waals surface area contributed by atoms with Crippen LogP contribution in [0.4, 0.5) is 0 Å². The van der Waals surface area contributed by atoms with Crippen molar-refractivity contribution < 1.29 is 0 Å². The minimum absolute atomic E-state index is 0.711. The van der Waals surface area contributed by atoms with Gasteiger partial charge in [0.25, 0.3) is 0 Å². The second-order valence-electron chi connectivity index (χ2n) is 5.18. The topological polar surface area (TPSA) is 15.3 Å². The molecule has 1 saturated carbocycles. The molecule has 0 bridgehead atoms. The van der Waals surface area contributed by atoms with Crippen molar-refractivity contribution >= 4 is 0 Å². The zero-order valence-electron chi connectivity index (χ0n) is 10.8. The lowest BCUT2D eigenvalue weighted by molar-refractivity contribution is 0.253. The van der Waals surface area contributed by atoms with E-state index < -0.39 is 0 Å². The van der Waals surface area contributed by atoms with Crippen LogP contribution in [0.25, 0.3) is 0 Å². The van der Waals surface area contributed by atoms with Crippen molar-refractivity contribution in [2.24, 2.45) is 5.92 Å². The van der Waals surface area contributed by atoms with Gasteiger partial charge in [0.1, 0.15) is 0 Å². The van der Waals surface area contributed by atoms with Crippen molar-refractivity contribution in [1.29, 1.82) is 0 Å². The van der Waals surface area contributed by atoms with E-state index in [4.69, 9.17) is 0 Å². The number of likely N-dealkylation sites (N-methyl/N-ethyl adjacent to an activating group) is 2. The van der Waals surface area contributed by atoms with Crippen LogP contribution < -0.4 is 5.32 Å². The van der Waals surface area contributed by atoms with Gasteiger partial charge in [-0.05, 0) is 39.4 Å². The molecule has 0 aromatic rings. The van der Waals surface area contributed by atoms with Gasteiger partial charge in [0.05, 0.1) is 0 Å². The molecule has 1 N–H and O–H groups in total. The molecule has 1 aliphatic rings. The summed E-state index contributed by atoms with van der Waals surface area (Å²) in [6.45, 7) is 4.52. The van der Waals surface area contributed by atoms with Crippen molar-refractivity contribution in [3.05, 3.63) is 0 Å². The lowest BCUT2D eigenvalue weighted by Crippen LogP contribution is -2.43. The molecule has 0 radical (unpaired) electrons. The first-order valence-electron chi connectivity index (χ1n) is 6.62. The molecule has 0 spiro atoms. The van der Waals surface area contributed by atoms with Gasteiger partial charge in [-0.25, -0.2) is 0 Å². The number of hydrogen-bond acceptors (Lipinski definition) is 2. The third kappa shape index (κ3) is 4.98. The highest BCUT2D eigenvalue weighted by molar-refractivity contribution is 4.79. The minimum Gasteiger partial charge on any atom is -0.313 e. The van der Waals surface area contributed by atoms with Gasteiger partial charge in [0.2, 0.25) is 0 Å². The summed E-state index contributed by atoms with van der Waals surface area (Å²) in [6, 6.07) is 0.711. The molecule has 1 fully saturated rings. The number of hydrogen-bond donors (Lipinski definition) is 1. The normalized spacial score (nSPS) is 21.6. The molecule has 2 nitrogen and oxygen atoms in total. The highest BCUT2D eigenvalue weighted by Gasteiger charge is 2.22. The summed E-state index contributed by atoms with van der Waals surface area (Å²) in [7, 11) is 4.36. The molecule has 2 heteroatoms. The van der Waals surface area contributed by atoms with Gasteiger partial charge in [-0.1, -0.05) is 32.6 Å². The minimum atomic E-state index is 0.711. The zero-order valence-corrected chi connectivity index (χ0v) is 10.8. The third-order valence-corrected chi connectivity index (χ3v) is 3.50. The van der Waals surface area contributed by atoms with Gasteiger partial charge < -0.3 is 10.2 Å². The van der Waals surface area contributed by atoms with Crippen molar-refractivity contribution in [3.63, 3.8) is 0 Å². The Morgan fingerprint density at radius 1 is 1.13 bits per heavy atom. The van der Waals surface area contributed by atoms with Crippen molar-refractivity contribution in [2.75, 3.05) is 27.2 Å². The molecular formula is C13H28N2. The summed E-state index contributed by atoms with van der Waals surface area (Å²) in [4.78, 5) is 2.32. The van der Waals surface area contributed by atoms with Gasteiger partial charge >= 0.3 is 0 Å². The van der Waals surface area contributed by atoms with E-state index in [0.29, 0.717) is 6.04 Å². The molecule has 0 heterocycles. The molecule has 0 amide bonds. The maximum Gasteiger partial charge on any atom is 0.0222 e. The van der Waals surface area contributed by atoms with E-state index in [0.717, 1.165) is 12.5 Å². The highest BCUT2D eigenvalue weighted by Crippen LogP contribution is 2.25. The molecule has 15 heavy (non-hydrogen) atoms. The van der Waals surface area contributed by atoms with Crippen LogP contribution in [0.1, 0.15) is 45.4 Å². The van der Waals surface area contributed by atoms with Gasteiger partial charge in [-0.15, -0.1) is 0 Å². The average molecular weight is 212 g/mol. The first kappa shape index (κ1) is 13.0. The second kappa shape index (κ2) is 7.24. The first-order chi connectivity index (χ1) is 7.24. The van der Waals surface area contributed by atoms with Crippen LogP contribution in [-0.4, -0.2) is 38.1 Å². The molecule has 0 aromatic carbocycles. The number of nitrogens with one attached hydrogen (secondary N) is 1. The van der Waals surface area contributed by atoms with Gasteiger partial charge in [0, 0.05) is 12.6 Å². The zero-order chi connectivity index (χ0) is 11.1. The molecule has 0 aromatic heterocycles. The van der Waals surface area contributed by atoms with Gasteiger partial charge in [-0.2, -0.15) is 0 Å².